The maximum atomic E-state index is 11.7. The molecular formula is C13H18F2N2O2. The van der Waals surface area contributed by atoms with Gasteiger partial charge in [-0.05, 0) is 24.1 Å². The van der Waals surface area contributed by atoms with Crippen LogP contribution in [0.5, 0.6) is 0 Å². The summed E-state index contributed by atoms with van der Waals surface area (Å²) in [5, 5.41) is 2.60. The van der Waals surface area contributed by atoms with Crippen LogP contribution in [-0.4, -0.2) is 32.1 Å². The van der Waals surface area contributed by atoms with Crippen LogP contribution in [0.3, 0.4) is 0 Å². The number of rotatable bonds is 8. The lowest BCUT2D eigenvalue weighted by Gasteiger charge is -2.06. The summed E-state index contributed by atoms with van der Waals surface area (Å²) in [4.78, 5) is 11.5. The van der Waals surface area contributed by atoms with Gasteiger partial charge in [0.25, 0.3) is 6.43 Å². The number of amides is 1. The van der Waals surface area contributed by atoms with E-state index in [0.717, 1.165) is 5.56 Å². The summed E-state index contributed by atoms with van der Waals surface area (Å²) >= 11 is 0. The number of benzene rings is 1. The van der Waals surface area contributed by atoms with Crippen molar-refractivity contribution in [3.8, 4) is 0 Å². The Morgan fingerprint density at radius 1 is 1.42 bits per heavy atom. The molecule has 0 unspecified atom stereocenters. The third-order valence-corrected chi connectivity index (χ3v) is 2.40. The Bertz CT molecular complexity index is 400. The maximum Gasteiger partial charge on any atom is 0.261 e. The molecule has 0 aromatic heterocycles. The minimum absolute atomic E-state index is 0.0916. The molecule has 0 bridgehead atoms. The van der Waals surface area contributed by atoms with Crippen molar-refractivity contribution in [1.82, 2.24) is 5.32 Å². The molecule has 0 heterocycles. The number of alkyl halides is 2. The molecule has 0 saturated heterocycles. The summed E-state index contributed by atoms with van der Waals surface area (Å²) in [7, 11) is 0. The average Bonchev–Trinajstić information content (AvgIpc) is 2.35. The average molecular weight is 272 g/mol. The highest BCUT2D eigenvalue weighted by molar-refractivity contribution is 5.76. The van der Waals surface area contributed by atoms with Gasteiger partial charge in [0.05, 0.1) is 6.61 Å². The molecule has 6 heteroatoms. The molecule has 3 N–H and O–H groups in total. The number of hydrogen-bond acceptors (Lipinski definition) is 3. The summed E-state index contributed by atoms with van der Waals surface area (Å²) < 4.78 is 28.1. The molecule has 0 aliphatic carbocycles. The van der Waals surface area contributed by atoms with E-state index >= 15 is 0 Å². The molecule has 106 valence electrons. The standard InChI is InChI=1S/C13H18F2N2O2/c14-12(15)9-19-7-6-17-13(18)5-4-10-2-1-3-11(16)8-10/h1-3,8,12H,4-7,9,16H2,(H,17,18). The number of nitrogens with two attached hydrogens (primary N) is 1. The van der Waals surface area contributed by atoms with Gasteiger partial charge in [-0.25, -0.2) is 8.78 Å². The zero-order chi connectivity index (χ0) is 14.1. The van der Waals surface area contributed by atoms with Crippen LogP contribution in [0.25, 0.3) is 0 Å². The number of nitrogens with one attached hydrogen (secondary N) is 1. The molecule has 0 aliphatic rings. The van der Waals surface area contributed by atoms with E-state index in [0.29, 0.717) is 18.5 Å². The van der Waals surface area contributed by atoms with Gasteiger partial charge in [-0.3, -0.25) is 4.79 Å². The van der Waals surface area contributed by atoms with E-state index < -0.39 is 13.0 Å². The molecule has 1 rings (SSSR count). The molecular weight excluding hydrogens is 254 g/mol. The Hall–Kier alpha value is -1.69. The summed E-state index contributed by atoms with van der Waals surface area (Å²) in [6.07, 6.45) is -1.55. The third-order valence-electron chi connectivity index (χ3n) is 2.40. The van der Waals surface area contributed by atoms with Gasteiger partial charge in [-0.2, -0.15) is 0 Å². The van der Waals surface area contributed by atoms with Crippen LogP contribution in [0.4, 0.5) is 14.5 Å². The van der Waals surface area contributed by atoms with E-state index in [2.05, 4.69) is 10.1 Å². The fourth-order valence-electron chi connectivity index (χ4n) is 1.53. The Kier molecular flexibility index (Phi) is 6.81. The molecule has 1 aromatic rings. The lowest BCUT2D eigenvalue weighted by Crippen LogP contribution is -2.28. The van der Waals surface area contributed by atoms with Crippen molar-refractivity contribution in [3.63, 3.8) is 0 Å². The quantitative estimate of drug-likeness (QED) is 0.558. The van der Waals surface area contributed by atoms with E-state index in [1.165, 1.54) is 0 Å². The van der Waals surface area contributed by atoms with Gasteiger partial charge >= 0.3 is 0 Å². The highest BCUT2D eigenvalue weighted by Crippen LogP contribution is 2.08. The first-order chi connectivity index (χ1) is 9.08. The second-order valence-corrected chi connectivity index (χ2v) is 4.06. The number of anilines is 1. The van der Waals surface area contributed by atoms with Crippen LogP contribution >= 0.6 is 0 Å². The minimum Gasteiger partial charge on any atom is -0.399 e. The molecule has 0 fully saturated rings. The van der Waals surface area contributed by atoms with Gasteiger partial charge in [0.2, 0.25) is 5.91 Å². The first kappa shape index (κ1) is 15.4. The van der Waals surface area contributed by atoms with Gasteiger partial charge in [0.1, 0.15) is 6.61 Å². The normalized spacial score (nSPS) is 10.7. The highest BCUT2D eigenvalue weighted by Gasteiger charge is 2.04. The fourth-order valence-corrected chi connectivity index (χ4v) is 1.53. The molecule has 0 aliphatic heterocycles. The Balaban J connectivity index is 2.11. The number of carbonyl (C=O) groups excluding carboxylic acids is 1. The SMILES string of the molecule is Nc1cccc(CCC(=O)NCCOCC(F)F)c1. The summed E-state index contributed by atoms with van der Waals surface area (Å²) in [6.45, 7) is -0.268. The van der Waals surface area contributed by atoms with Crippen LogP contribution < -0.4 is 11.1 Å². The number of halogens is 2. The summed E-state index contributed by atoms with van der Waals surface area (Å²) in [5.74, 6) is -0.136. The molecule has 0 spiro atoms. The van der Waals surface area contributed by atoms with Crippen molar-refractivity contribution in [2.75, 3.05) is 25.5 Å². The first-order valence-electron chi connectivity index (χ1n) is 6.05. The van der Waals surface area contributed by atoms with Gasteiger partial charge in [0, 0.05) is 18.7 Å². The van der Waals surface area contributed by atoms with E-state index in [4.69, 9.17) is 5.73 Å². The maximum absolute atomic E-state index is 11.7. The number of aryl methyl sites for hydroxylation is 1. The number of nitrogen functional groups attached to an aromatic ring is 1. The van der Waals surface area contributed by atoms with Crippen LogP contribution in [0.15, 0.2) is 24.3 Å². The molecule has 4 nitrogen and oxygen atoms in total. The predicted molar refractivity (Wildman–Crippen MR) is 69.0 cm³/mol. The van der Waals surface area contributed by atoms with Crippen LogP contribution in [0.1, 0.15) is 12.0 Å². The minimum atomic E-state index is -2.47. The smallest absolute Gasteiger partial charge is 0.261 e. The van der Waals surface area contributed by atoms with E-state index in [1.54, 1.807) is 6.07 Å². The van der Waals surface area contributed by atoms with Crippen molar-refractivity contribution < 1.29 is 18.3 Å². The van der Waals surface area contributed by atoms with Crippen molar-refractivity contribution in [2.24, 2.45) is 0 Å². The molecule has 0 radical (unpaired) electrons. The van der Waals surface area contributed by atoms with Crippen molar-refractivity contribution in [2.45, 2.75) is 19.3 Å². The molecule has 1 amide bonds. The molecule has 0 atom stereocenters. The van der Waals surface area contributed by atoms with E-state index in [-0.39, 0.29) is 19.1 Å². The number of hydrogen-bond donors (Lipinski definition) is 2. The summed E-state index contributed by atoms with van der Waals surface area (Å²) in [5.41, 5.74) is 7.28. The Morgan fingerprint density at radius 3 is 2.89 bits per heavy atom. The van der Waals surface area contributed by atoms with Crippen LogP contribution in [-0.2, 0) is 16.0 Å². The molecule has 1 aromatic carbocycles. The molecule has 0 saturated carbocycles. The van der Waals surface area contributed by atoms with Crippen molar-refractivity contribution >= 4 is 11.6 Å². The van der Waals surface area contributed by atoms with Crippen LogP contribution in [0, 0.1) is 0 Å². The second kappa shape index (κ2) is 8.42. The van der Waals surface area contributed by atoms with Gasteiger partial charge in [-0.1, -0.05) is 12.1 Å². The largest absolute Gasteiger partial charge is 0.399 e. The number of ether oxygens (including phenoxy) is 1. The monoisotopic (exact) mass is 272 g/mol. The van der Waals surface area contributed by atoms with Gasteiger partial charge in [0.15, 0.2) is 0 Å². The third kappa shape index (κ3) is 7.35. The second-order valence-electron chi connectivity index (χ2n) is 4.06. The van der Waals surface area contributed by atoms with Crippen molar-refractivity contribution in [3.05, 3.63) is 29.8 Å². The van der Waals surface area contributed by atoms with E-state index in [1.807, 2.05) is 18.2 Å². The van der Waals surface area contributed by atoms with Crippen molar-refractivity contribution in [1.29, 1.82) is 0 Å². The summed E-state index contributed by atoms with van der Waals surface area (Å²) in [6, 6.07) is 7.33. The zero-order valence-electron chi connectivity index (χ0n) is 10.6. The van der Waals surface area contributed by atoms with Gasteiger partial charge in [-0.15, -0.1) is 0 Å². The van der Waals surface area contributed by atoms with Gasteiger partial charge < -0.3 is 15.8 Å². The fraction of sp³-hybridized carbons (Fsp3) is 0.462. The zero-order valence-corrected chi connectivity index (χ0v) is 10.6. The number of carbonyl (C=O) groups is 1. The highest BCUT2D eigenvalue weighted by atomic mass is 19.3. The lowest BCUT2D eigenvalue weighted by atomic mass is 10.1. The van der Waals surface area contributed by atoms with E-state index in [9.17, 15) is 13.6 Å². The Morgan fingerprint density at radius 2 is 2.21 bits per heavy atom. The molecule has 19 heavy (non-hydrogen) atoms. The topological polar surface area (TPSA) is 64.4 Å². The first-order valence-corrected chi connectivity index (χ1v) is 6.05. The van der Waals surface area contributed by atoms with Crippen LogP contribution in [0.2, 0.25) is 0 Å². The predicted octanol–water partition coefficient (Wildman–Crippen LogP) is 1.60. The lowest BCUT2D eigenvalue weighted by molar-refractivity contribution is -0.121. The Labute approximate surface area is 110 Å².